The van der Waals surface area contributed by atoms with Crippen LogP contribution < -0.4 is 10.6 Å². The first-order valence-electron chi connectivity index (χ1n) is 6.04. The van der Waals surface area contributed by atoms with Crippen LogP contribution in [0.5, 0.6) is 0 Å². The second kappa shape index (κ2) is 7.37. The molecule has 1 rings (SSSR count). The normalized spacial score (nSPS) is 12.6. The second-order valence-electron chi connectivity index (χ2n) is 4.01. The number of halogens is 3. The van der Waals surface area contributed by atoms with Crippen molar-refractivity contribution in [3.05, 3.63) is 21.9 Å². The van der Waals surface area contributed by atoms with E-state index in [4.69, 9.17) is 0 Å². The van der Waals surface area contributed by atoms with Crippen LogP contribution in [0.3, 0.4) is 0 Å². The van der Waals surface area contributed by atoms with Gasteiger partial charge >= 0.3 is 6.18 Å². The average molecular weight is 293 g/mol. The summed E-state index contributed by atoms with van der Waals surface area (Å²) in [7, 11) is 0. The van der Waals surface area contributed by atoms with Gasteiger partial charge in [0.15, 0.2) is 5.96 Å². The molecule has 0 aromatic carbocycles. The van der Waals surface area contributed by atoms with Crippen molar-refractivity contribution >= 4 is 17.3 Å². The highest BCUT2D eigenvalue weighted by atomic mass is 32.1. The van der Waals surface area contributed by atoms with Crippen molar-refractivity contribution in [2.24, 2.45) is 4.99 Å². The summed E-state index contributed by atoms with van der Waals surface area (Å²) in [5.41, 5.74) is 1.15. The third-order valence-corrected chi connectivity index (χ3v) is 3.40. The molecule has 1 aromatic rings. The molecule has 0 unspecified atom stereocenters. The number of nitrogens with one attached hydrogen (secondary N) is 2. The maximum absolute atomic E-state index is 12.1. The molecule has 0 atom stereocenters. The van der Waals surface area contributed by atoms with Gasteiger partial charge < -0.3 is 10.6 Å². The molecule has 0 amide bonds. The van der Waals surface area contributed by atoms with Crippen LogP contribution in [0.15, 0.2) is 16.4 Å². The van der Waals surface area contributed by atoms with Gasteiger partial charge in [-0.25, -0.2) is 4.99 Å². The van der Waals surface area contributed by atoms with Crippen LogP contribution in [-0.4, -0.2) is 25.2 Å². The van der Waals surface area contributed by atoms with Crippen molar-refractivity contribution in [2.45, 2.75) is 33.0 Å². The Balaban J connectivity index is 2.49. The molecule has 0 aliphatic heterocycles. The van der Waals surface area contributed by atoms with E-state index < -0.39 is 12.6 Å². The van der Waals surface area contributed by atoms with Crippen molar-refractivity contribution in [3.63, 3.8) is 0 Å². The zero-order valence-corrected chi connectivity index (χ0v) is 11.8. The molecule has 3 nitrogen and oxygen atoms in total. The maximum Gasteiger partial charge on any atom is 0.390 e. The van der Waals surface area contributed by atoms with Gasteiger partial charge in [0.25, 0.3) is 0 Å². The third-order valence-electron chi connectivity index (χ3n) is 2.39. The Morgan fingerprint density at radius 1 is 1.37 bits per heavy atom. The maximum atomic E-state index is 12.1. The zero-order valence-electron chi connectivity index (χ0n) is 11.0. The van der Waals surface area contributed by atoms with E-state index in [0.29, 0.717) is 19.0 Å². The van der Waals surface area contributed by atoms with Crippen molar-refractivity contribution in [1.29, 1.82) is 0 Å². The number of hydrogen-bond acceptors (Lipinski definition) is 2. The molecule has 0 bridgehead atoms. The van der Waals surface area contributed by atoms with E-state index in [1.807, 2.05) is 25.3 Å². The molecular formula is C12H18F3N3S. The van der Waals surface area contributed by atoms with E-state index in [-0.39, 0.29) is 6.54 Å². The Bertz CT molecular complexity index is 413. The molecule has 0 fully saturated rings. The third kappa shape index (κ3) is 6.47. The highest BCUT2D eigenvalue weighted by Crippen LogP contribution is 2.18. The molecule has 0 saturated carbocycles. The van der Waals surface area contributed by atoms with Gasteiger partial charge in [0.05, 0.1) is 13.0 Å². The molecule has 0 saturated heterocycles. The Hall–Kier alpha value is -1.24. The molecule has 1 aromatic heterocycles. The van der Waals surface area contributed by atoms with Crippen molar-refractivity contribution in [2.75, 3.05) is 13.1 Å². The molecule has 7 heteroatoms. The average Bonchev–Trinajstić information content (AvgIpc) is 2.70. The van der Waals surface area contributed by atoms with Gasteiger partial charge in [0.2, 0.25) is 0 Å². The van der Waals surface area contributed by atoms with Gasteiger partial charge in [-0.05, 0) is 30.9 Å². The lowest BCUT2D eigenvalue weighted by Crippen LogP contribution is -2.38. The first-order chi connectivity index (χ1) is 8.92. The van der Waals surface area contributed by atoms with E-state index in [0.717, 1.165) is 10.4 Å². The molecule has 0 spiro atoms. The number of rotatable bonds is 5. The van der Waals surface area contributed by atoms with Crippen molar-refractivity contribution in [1.82, 2.24) is 10.6 Å². The van der Waals surface area contributed by atoms with E-state index in [1.54, 1.807) is 11.3 Å². The number of aryl methyl sites for hydroxylation is 1. The fourth-order valence-corrected chi connectivity index (χ4v) is 2.21. The molecule has 108 valence electrons. The zero-order chi connectivity index (χ0) is 14.3. The van der Waals surface area contributed by atoms with Crippen LogP contribution >= 0.6 is 11.3 Å². The van der Waals surface area contributed by atoms with E-state index in [1.165, 1.54) is 0 Å². The number of guanidine groups is 1. The number of nitrogens with zero attached hydrogens (tertiary/aromatic N) is 1. The fraction of sp³-hybridized carbons (Fsp3) is 0.583. The summed E-state index contributed by atoms with van der Waals surface area (Å²) in [5.74, 6) is 0.416. The Morgan fingerprint density at radius 3 is 2.63 bits per heavy atom. The summed E-state index contributed by atoms with van der Waals surface area (Å²) in [6, 6.07) is 2.00. The van der Waals surface area contributed by atoms with Gasteiger partial charge in [-0.3, -0.25) is 0 Å². The Labute approximate surface area is 114 Å². The van der Waals surface area contributed by atoms with Crippen LogP contribution in [0.25, 0.3) is 0 Å². The minimum Gasteiger partial charge on any atom is -0.357 e. The van der Waals surface area contributed by atoms with Crippen LogP contribution in [0, 0.1) is 6.92 Å². The summed E-state index contributed by atoms with van der Waals surface area (Å²) in [6.45, 7) is 4.79. The second-order valence-corrected chi connectivity index (χ2v) is 5.01. The predicted molar refractivity (Wildman–Crippen MR) is 72.5 cm³/mol. The quantitative estimate of drug-likeness (QED) is 0.646. The highest BCUT2D eigenvalue weighted by molar-refractivity contribution is 7.10. The number of thiophene rings is 1. The lowest BCUT2D eigenvalue weighted by atomic mass is 10.3. The van der Waals surface area contributed by atoms with Gasteiger partial charge in [-0.1, -0.05) is 0 Å². The molecule has 2 N–H and O–H groups in total. The summed E-state index contributed by atoms with van der Waals surface area (Å²) < 4.78 is 36.2. The molecule has 19 heavy (non-hydrogen) atoms. The molecule has 1 heterocycles. The van der Waals surface area contributed by atoms with Crippen LogP contribution in [0.4, 0.5) is 13.2 Å². The Morgan fingerprint density at radius 2 is 2.11 bits per heavy atom. The minimum atomic E-state index is -4.14. The van der Waals surface area contributed by atoms with Crippen LogP contribution in [0.1, 0.15) is 23.8 Å². The van der Waals surface area contributed by atoms with E-state index >= 15 is 0 Å². The van der Waals surface area contributed by atoms with Crippen molar-refractivity contribution < 1.29 is 13.2 Å². The summed E-state index contributed by atoms with van der Waals surface area (Å²) >= 11 is 1.60. The van der Waals surface area contributed by atoms with E-state index in [2.05, 4.69) is 15.6 Å². The SMILES string of the molecule is CCNC(=NCc1sccc1C)NCCC(F)(F)F. The number of alkyl halides is 3. The Kier molecular flexibility index (Phi) is 6.14. The molecule has 0 aliphatic rings. The van der Waals surface area contributed by atoms with Crippen LogP contribution in [-0.2, 0) is 6.54 Å². The van der Waals surface area contributed by atoms with Crippen molar-refractivity contribution in [3.8, 4) is 0 Å². The topological polar surface area (TPSA) is 36.4 Å². The standard InChI is InChI=1S/C12H18F3N3S/c1-3-16-11(17-6-5-12(13,14)15)18-8-10-9(2)4-7-19-10/h4,7H,3,5-6,8H2,1-2H3,(H2,16,17,18). The number of hydrogen-bond donors (Lipinski definition) is 2. The van der Waals surface area contributed by atoms with E-state index in [9.17, 15) is 13.2 Å². The predicted octanol–water partition coefficient (Wildman–Crippen LogP) is 3.06. The van der Waals surface area contributed by atoms with Crippen LogP contribution in [0.2, 0.25) is 0 Å². The van der Waals surface area contributed by atoms with Gasteiger partial charge in [-0.2, -0.15) is 13.2 Å². The largest absolute Gasteiger partial charge is 0.390 e. The van der Waals surface area contributed by atoms with Gasteiger partial charge in [0.1, 0.15) is 0 Å². The highest BCUT2D eigenvalue weighted by Gasteiger charge is 2.26. The summed E-state index contributed by atoms with van der Waals surface area (Å²) in [6.07, 6.45) is -5.01. The first kappa shape index (κ1) is 15.8. The molecule has 0 radical (unpaired) electrons. The molecule has 0 aliphatic carbocycles. The summed E-state index contributed by atoms with van der Waals surface area (Å²) in [5, 5.41) is 7.59. The first-order valence-corrected chi connectivity index (χ1v) is 6.92. The lowest BCUT2D eigenvalue weighted by Gasteiger charge is -2.12. The minimum absolute atomic E-state index is 0.168. The fourth-order valence-electron chi connectivity index (χ4n) is 1.38. The smallest absolute Gasteiger partial charge is 0.357 e. The van der Waals surface area contributed by atoms with Gasteiger partial charge in [-0.15, -0.1) is 11.3 Å². The molecular weight excluding hydrogens is 275 g/mol. The number of aliphatic imine (C=N–C) groups is 1. The van der Waals surface area contributed by atoms with Gasteiger partial charge in [0, 0.05) is 18.0 Å². The monoisotopic (exact) mass is 293 g/mol. The lowest BCUT2D eigenvalue weighted by molar-refractivity contribution is -0.132. The summed E-state index contributed by atoms with van der Waals surface area (Å²) in [4.78, 5) is 5.39.